The van der Waals surface area contributed by atoms with E-state index in [1.165, 1.54) is 11.3 Å². The Bertz CT molecular complexity index is 528. The van der Waals surface area contributed by atoms with Crippen LogP contribution in [0.25, 0.3) is 0 Å². The molecule has 94 valence electrons. The van der Waals surface area contributed by atoms with Crippen molar-refractivity contribution in [3.8, 4) is 0 Å². The Balaban J connectivity index is 1.92. The Morgan fingerprint density at radius 1 is 1.39 bits per heavy atom. The summed E-state index contributed by atoms with van der Waals surface area (Å²) in [6.45, 7) is 0.186. The van der Waals surface area contributed by atoms with E-state index in [4.69, 9.17) is 11.6 Å². The molecule has 0 fully saturated rings. The summed E-state index contributed by atoms with van der Waals surface area (Å²) in [7, 11) is 0. The molecule has 0 unspecified atom stereocenters. The fourth-order valence-electron chi connectivity index (χ4n) is 1.50. The van der Waals surface area contributed by atoms with E-state index in [1.54, 1.807) is 24.3 Å². The lowest BCUT2D eigenvalue weighted by atomic mass is 10.2. The van der Waals surface area contributed by atoms with Gasteiger partial charge in [0.05, 0.1) is 0 Å². The predicted molar refractivity (Wildman–Crippen MR) is 73.1 cm³/mol. The van der Waals surface area contributed by atoms with Gasteiger partial charge in [-0.3, -0.25) is 4.79 Å². The molecule has 0 saturated carbocycles. The molecule has 2 N–H and O–H groups in total. The minimum absolute atomic E-state index is 0.186. The molecule has 0 saturated heterocycles. The molecule has 1 heterocycles. The molecule has 2 rings (SSSR count). The van der Waals surface area contributed by atoms with Crippen LogP contribution in [-0.4, -0.2) is 17.6 Å². The molecular weight excluding hydrogens is 270 g/mol. The largest absolute Gasteiger partial charge is 0.386 e. The fourth-order valence-corrected chi connectivity index (χ4v) is 2.40. The Labute approximate surface area is 114 Å². The summed E-state index contributed by atoms with van der Waals surface area (Å²) < 4.78 is 0. The quantitative estimate of drug-likeness (QED) is 0.905. The summed E-state index contributed by atoms with van der Waals surface area (Å²) in [6.07, 6.45) is -0.673. The van der Waals surface area contributed by atoms with Gasteiger partial charge in [0.2, 0.25) is 0 Å². The zero-order valence-corrected chi connectivity index (χ0v) is 11.0. The van der Waals surface area contributed by atoms with Gasteiger partial charge < -0.3 is 10.4 Å². The minimum atomic E-state index is -0.673. The number of amides is 1. The number of thiophene rings is 1. The summed E-state index contributed by atoms with van der Waals surface area (Å²) in [5.74, 6) is -0.242. The van der Waals surface area contributed by atoms with Crippen LogP contribution in [0.15, 0.2) is 41.8 Å². The number of aliphatic hydroxyl groups is 1. The first-order valence-electron chi connectivity index (χ1n) is 5.42. The molecule has 5 heteroatoms. The molecule has 3 nitrogen and oxygen atoms in total. The third kappa shape index (κ3) is 3.32. The third-order valence-electron chi connectivity index (χ3n) is 2.41. The Hall–Kier alpha value is -1.36. The van der Waals surface area contributed by atoms with Gasteiger partial charge in [0.25, 0.3) is 5.91 Å². The lowest BCUT2D eigenvalue weighted by Crippen LogP contribution is -2.28. The summed E-state index contributed by atoms with van der Waals surface area (Å²) in [5.41, 5.74) is 0.487. The van der Waals surface area contributed by atoms with Crippen molar-refractivity contribution in [3.05, 3.63) is 57.2 Å². The molecule has 0 aliphatic heterocycles. The van der Waals surface area contributed by atoms with Gasteiger partial charge >= 0.3 is 0 Å². The van der Waals surface area contributed by atoms with Crippen LogP contribution >= 0.6 is 22.9 Å². The number of aliphatic hydroxyl groups excluding tert-OH is 1. The molecule has 2 aromatic rings. The lowest BCUT2D eigenvalue weighted by Gasteiger charge is -2.10. The van der Waals surface area contributed by atoms with Crippen molar-refractivity contribution in [1.29, 1.82) is 0 Å². The number of carbonyl (C=O) groups is 1. The van der Waals surface area contributed by atoms with E-state index < -0.39 is 6.10 Å². The van der Waals surface area contributed by atoms with E-state index in [9.17, 15) is 9.90 Å². The van der Waals surface area contributed by atoms with Crippen LogP contribution in [0.5, 0.6) is 0 Å². The predicted octanol–water partition coefficient (Wildman–Crippen LogP) is 2.86. The first-order valence-corrected chi connectivity index (χ1v) is 6.68. The number of hydrogen-bond acceptors (Lipinski definition) is 3. The van der Waals surface area contributed by atoms with Crippen LogP contribution in [0.2, 0.25) is 5.02 Å². The van der Waals surface area contributed by atoms with E-state index >= 15 is 0 Å². The van der Waals surface area contributed by atoms with Gasteiger partial charge in [-0.2, -0.15) is 0 Å². The maximum atomic E-state index is 11.8. The van der Waals surface area contributed by atoms with Crippen molar-refractivity contribution in [2.75, 3.05) is 6.54 Å². The van der Waals surface area contributed by atoms with E-state index in [1.807, 2.05) is 17.5 Å². The topological polar surface area (TPSA) is 49.3 Å². The van der Waals surface area contributed by atoms with Gasteiger partial charge in [0, 0.05) is 22.0 Å². The maximum Gasteiger partial charge on any atom is 0.251 e. The summed E-state index contributed by atoms with van der Waals surface area (Å²) in [6, 6.07) is 10.4. The van der Waals surface area contributed by atoms with Crippen LogP contribution in [0, 0.1) is 0 Å². The highest BCUT2D eigenvalue weighted by atomic mass is 35.5. The van der Waals surface area contributed by atoms with Gasteiger partial charge in [0.1, 0.15) is 6.10 Å². The monoisotopic (exact) mass is 281 g/mol. The molecule has 18 heavy (non-hydrogen) atoms. The van der Waals surface area contributed by atoms with Crippen molar-refractivity contribution >= 4 is 28.8 Å². The molecule has 1 amide bonds. The Kier molecular flexibility index (Phi) is 4.36. The van der Waals surface area contributed by atoms with Gasteiger partial charge in [-0.1, -0.05) is 23.7 Å². The molecule has 0 aliphatic rings. The van der Waals surface area contributed by atoms with Crippen molar-refractivity contribution in [3.63, 3.8) is 0 Å². The van der Waals surface area contributed by atoms with Crippen LogP contribution < -0.4 is 5.32 Å². The van der Waals surface area contributed by atoms with E-state index in [-0.39, 0.29) is 12.5 Å². The maximum absolute atomic E-state index is 11.8. The lowest BCUT2D eigenvalue weighted by molar-refractivity contribution is 0.0918. The van der Waals surface area contributed by atoms with Crippen molar-refractivity contribution in [2.45, 2.75) is 6.10 Å². The van der Waals surface area contributed by atoms with Gasteiger partial charge in [0.15, 0.2) is 0 Å². The number of hydrogen-bond donors (Lipinski definition) is 2. The van der Waals surface area contributed by atoms with Crippen LogP contribution in [0.1, 0.15) is 21.3 Å². The number of carbonyl (C=O) groups excluding carboxylic acids is 1. The second kappa shape index (κ2) is 6.00. The second-order valence-corrected chi connectivity index (χ2v) is 5.17. The minimum Gasteiger partial charge on any atom is -0.386 e. The standard InChI is InChI=1S/C13H12ClNO2S/c14-10-4-1-3-9(7-10)13(17)15-8-11(16)12-5-2-6-18-12/h1-7,11,16H,8H2,(H,15,17)/t11-/m0/s1. The highest BCUT2D eigenvalue weighted by Gasteiger charge is 2.11. The van der Waals surface area contributed by atoms with Crippen LogP contribution in [0.3, 0.4) is 0 Å². The molecule has 1 aromatic heterocycles. The highest BCUT2D eigenvalue weighted by Crippen LogP contribution is 2.18. The molecule has 1 atom stereocenters. The molecule has 0 aliphatic carbocycles. The summed E-state index contributed by atoms with van der Waals surface area (Å²) in [4.78, 5) is 12.6. The van der Waals surface area contributed by atoms with E-state index in [2.05, 4.69) is 5.32 Å². The number of nitrogens with one attached hydrogen (secondary N) is 1. The average molecular weight is 282 g/mol. The van der Waals surface area contributed by atoms with Gasteiger partial charge in [-0.15, -0.1) is 11.3 Å². The Morgan fingerprint density at radius 2 is 2.22 bits per heavy atom. The first-order chi connectivity index (χ1) is 8.66. The molecule has 0 bridgehead atoms. The van der Waals surface area contributed by atoms with E-state index in [0.29, 0.717) is 10.6 Å². The summed E-state index contributed by atoms with van der Waals surface area (Å²) >= 11 is 7.26. The highest BCUT2D eigenvalue weighted by molar-refractivity contribution is 7.10. The average Bonchev–Trinajstić information content (AvgIpc) is 2.89. The number of halogens is 1. The second-order valence-electron chi connectivity index (χ2n) is 3.75. The SMILES string of the molecule is O=C(NC[C@H](O)c1cccs1)c1cccc(Cl)c1. The number of rotatable bonds is 4. The normalized spacial score (nSPS) is 12.1. The van der Waals surface area contributed by atoms with Gasteiger partial charge in [-0.05, 0) is 29.6 Å². The Morgan fingerprint density at radius 3 is 2.89 bits per heavy atom. The molecular formula is C13H12ClNO2S. The van der Waals surface area contributed by atoms with Crippen molar-refractivity contribution in [2.24, 2.45) is 0 Å². The summed E-state index contributed by atoms with van der Waals surface area (Å²) in [5, 5.41) is 14.9. The van der Waals surface area contributed by atoms with Crippen molar-refractivity contribution < 1.29 is 9.90 Å². The van der Waals surface area contributed by atoms with Crippen LogP contribution in [-0.2, 0) is 0 Å². The molecule has 0 spiro atoms. The zero-order valence-electron chi connectivity index (χ0n) is 9.47. The van der Waals surface area contributed by atoms with Crippen LogP contribution in [0.4, 0.5) is 0 Å². The number of benzene rings is 1. The van der Waals surface area contributed by atoms with Crippen molar-refractivity contribution in [1.82, 2.24) is 5.32 Å². The van der Waals surface area contributed by atoms with Gasteiger partial charge in [-0.25, -0.2) is 0 Å². The molecule has 1 aromatic carbocycles. The zero-order chi connectivity index (χ0) is 13.0. The third-order valence-corrected chi connectivity index (χ3v) is 3.62. The van der Waals surface area contributed by atoms with E-state index in [0.717, 1.165) is 4.88 Å². The molecule has 0 radical (unpaired) electrons. The fraction of sp³-hybridized carbons (Fsp3) is 0.154. The first kappa shape index (κ1) is 13.1. The smallest absolute Gasteiger partial charge is 0.251 e.